The number of hydrogen-bond donors (Lipinski definition) is 1. The van der Waals surface area contributed by atoms with Crippen LogP contribution < -0.4 is 5.73 Å². The van der Waals surface area contributed by atoms with Crippen molar-refractivity contribution in [3.8, 4) is 22.3 Å². The predicted octanol–water partition coefficient (Wildman–Crippen LogP) is 8.85. The number of piperidine rings is 1. The van der Waals surface area contributed by atoms with E-state index >= 15 is 0 Å². The molecule has 3 heterocycles. The van der Waals surface area contributed by atoms with Crippen LogP contribution >= 0.6 is 0 Å². The Bertz CT molecular complexity index is 1990. The number of pyridine rings is 1. The Morgan fingerprint density at radius 1 is 0.917 bits per heavy atom. The van der Waals surface area contributed by atoms with Gasteiger partial charge in [-0.15, -0.1) is 0 Å². The number of aromatic nitrogens is 1. The van der Waals surface area contributed by atoms with E-state index in [1.807, 2.05) is 6.07 Å². The molecule has 6 nitrogen and oxygen atoms in total. The van der Waals surface area contributed by atoms with Gasteiger partial charge in [-0.25, -0.2) is 13.8 Å². The van der Waals surface area contributed by atoms with E-state index in [2.05, 4.69) is 4.98 Å². The fourth-order valence-electron chi connectivity index (χ4n) is 5.63. The summed E-state index contributed by atoms with van der Waals surface area (Å²) in [6.45, 7) is -0.0647. The molecule has 0 aliphatic carbocycles. The zero-order valence-electron chi connectivity index (χ0n) is 25.6. The van der Waals surface area contributed by atoms with Crippen LogP contribution in [0.2, 0.25) is 0 Å². The minimum Gasteiger partial charge on any atom is -0.460 e. The van der Waals surface area contributed by atoms with Crippen molar-refractivity contribution in [2.24, 2.45) is 0 Å². The van der Waals surface area contributed by atoms with Crippen molar-refractivity contribution in [1.82, 2.24) is 9.88 Å². The summed E-state index contributed by atoms with van der Waals surface area (Å²) in [5.41, 5.74) is 8.29. The molecule has 0 saturated carbocycles. The molecule has 2 aromatic heterocycles. The molecule has 6 rings (SSSR count). The first kappa shape index (κ1) is 32.6. The van der Waals surface area contributed by atoms with Crippen LogP contribution in [0.3, 0.4) is 0 Å². The summed E-state index contributed by atoms with van der Waals surface area (Å²) in [5, 5.41) is 0.625. The van der Waals surface area contributed by atoms with E-state index in [-0.39, 0.29) is 50.5 Å². The highest BCUT2D eigenvalue weighted by Gasteiger charge is 2.36. The van der Waals surface area contributed by atoms with Gasteiger partial charge in [-0.1, -0.05) is 24.3 Å². The number of aryl methyl sites for hydroxylation is 1. The maximum Gasteiger partial charge on any atom is 0.416 e. The zero-order valence-corrected chi connectivity index (χ0v) is 25.6. The molecule has 1 amide bonds. The van der Waals surface area contributed by atoms with Gasteiger partial charge in [0.2, 0.25) is 0 Å². The first-order valence-electron chi connectivity index (χ1n) is 15.3. The molecule has 0 atom stereocenters. The number of nitrogens with zero attached hydrogens (tertiary/aromatic N) is 2. The van der Waals surface area contributed by atoms with Crippen LogP contribution in [-0.4, -0.2) is 40.6 Å². The number of halogens is 5. The van der Waals surface area contributed by atoms with Gasteiger partial charge >= 0.3 is 6.18 Å². The van der Waals surface area contributed by atoms with Gasteiger partial charge in [-0.2, -0.15) is 13.2 Å². The molecule has 0 radical (unpaired) electrons. The number of nitrogens with two attached hydrogens (primary N) is 1. The largest absolute Gasteiger partial charge is 0.460 e. The van der Waals surface area contributed by atoms with Gasteiger partial charge in [0.25, 0.3) is 11.8 Å². The standard InChI is InChI=1S/C37H30F5N3O3/c38-36(39)14-16-45(17-15-36)35(47)25-8-6-24(7-9-25)27-18-28-20-31(12-11-30(46)10-4-23-5-13-33(43)44-22-23)48-34(28)32(21-27)26-2-1-3-29(19-26)37(40,41)42/h1-10,13,18-22H,11-12,14-17H2,(H2,43,44)/b10-4+. The first-order valence-corrected chi connectivity index (χ1v) is 15.3. The molecular formula is C37H30F5N3O3. The monoisotopic (exact) mass is 659 g/mol. The number of amides is 1. The first-order chi connectivity index (χ1) is 22.8. The van der Waals surface area contributed by atoms with Crippen LogP contribution in [0, 0.1) is 0 Å². The van der Waals surface area contributed by atoms with Crippen LogP contribution in [0.5, 0.6) is 0 Å². The Hall–Kier alpha value is -5.32. The van der Waals surface area contributed by atoms with E-state index < -0.39 is 17.7 Å². The highest BCUT2D eigenvalue weighted by Crippen LogP contribution is 2.39. The van der Waals surface area contributed by atoms with Gasteiger partial charge in [0.15, 0.2) is 5.78 Å². The lowest BCUT2D eigenvalue weighted by atomic mass is 9.95. The van der Waals surface area contributed by atoms with E-state index in [1.54, 1.807) is 66.9 Å². The molecule has 1 saturated heterocycles. The van der Waals surface area contributed by atoms with E-state index in [0.29, 0.717) is 55.9 Å². The lowest BCUT2D eigenvalue weighted by molar-refractivity contribution is -0.137. The van der Waals surface area contributed by atoms with Gasteiger partial charge in [-0.3, -0.25) is 9.59 Å². The number of fused-ring (bicyclic) bond motifs is 1. The van der Waals surface area contributed by atoms with Crippen molar-refractivity contribution in [2.45, 2.75) is 37.8 Å². The second-order valence-electron chi connectivity index (χ2n) is 11.8. The Balaban J connectivity index is 1.29. The third-order valence-electron chi connectivity index (χ3n) is 8.30. The average molecular weight is 660 g/mol. The minimum atomic E-state index is -4.55. The van der Waals surface area contributed by atoms with E-state index in [1.165, 1.54) is 17.0 Å². The molecule has 1 fully saturated rings. The normalized spacial score (nSPS) is 14.9. The van der Waals surface area contributed by atoms with Crippen LogP contribution in [0.1, 0.15) is 46.5 Å². The number of carbonyl (C=O) groups excluding carboxylic acids is 2. The number of ketones is 1. The predicted molar refractivity (Wildman–Crippen MR) is 173 cm³/mol. The van der Waals surface area contributed by atoms with Crippen molar-refractivity contribution in [3.63, 3.8) is 0 Å². The van der Waals surface area contributed by atoms with Gasteiger partial charge < -0.3 is 15.1 Å². The Morgan fingerprint density at radius 3 is 2.35 bits per heavy atom. The Kier molecular flexibility index (Phi) is 8.87. The molecule has 1 aliphatic heterocycles. The molecular weight excluding hydrogens is 629 g/mol. The minimum absolute atomic E-state index is 0.0324. The molecule has 0 bridgehead atoms. The maximum absolute atomic E-state index is 13.6. The summed E-state index contributed by atoms with van der Waals surface area (Å²) in [6, 6.07) is 20.3. The highest BCUT2D eigenvalue weighted by atomic mass is 19.4. The van der Waals surface area contributed by atoms with Crippen molar-refractivity contribution < 1.29 is 36.0 Å². The van der Waals surface area contributed by atoms with Crippen molar-refractivity contribution in [3.05, 3.63) is 114 Å². The molecule has 5 aromatic rings. The Labute approximate surface area is 272 Å². The second kappa shape index (κ2) is 13.1. The van der Waals surface area contributed by atoms with Crippen LogP contribution in [0.15, 0.2) is 95.6 Å². The molecule has 246 valence electrons. The van der Waals surface area contributed by atoms with E-state index in [0.717, 1.165) is 12.1 Å². The smallest absolute Gasteiger partial charge is 0.416 e. The number of carbonyl (C=O) groups is 2. The third-order valence-corrected chi connectivity index (χ3v) is 8.30. The number of alkyl halides is 5. The van der Waals surface area contributed by atoms with E-state index in [9.17, 15) is 31.5 Å². The number of nitrogen functional groups attached to an aromatic ring is 1. The summed E-state index contributed by atoms with van der Waals surface area (Å²) in [7, 11) is 0. The van der Waals surface area contributed by atoms with Crippen LogP contribution in [0.4, 0.5) is 27.8 Å². The summed E-state index contributed by atoms with van der Waals surface area (Å²) in [6.07, 6.45) is -0.295. The van der Waals surface area contributed by atoms with Gasteiger partial charge in [0, 0.05) is 61.5 Å². The summed E-state index contributed by atoms with van der Waals surface area (Å²) < 4.78 is 74.3. The van der Waals surface area contributed by atoms with Gasteiger partial charge in [0.05, 0.1) is 5.56 Å². The number of likely N-dealkylation sites (tertiary alicyclic amines) is 1. The number of benzene rings is 3. The number of allylic oxidation sites excluding steroid dienone is 1. The maximum atomic E-state index is 13.6. The van der Waals surface area contributed by atoms with Gasteiger partial charge in [0.1, 0.15) is 17.2 Å². The van der Waals surface area contributed by atoms with E-state index in [4.69, 9.17) is 10.2 Å². The summed E-state index contributed by atoms with van der Waals surface area (Å²) >= 11 is 0. The molecule has 2 N–H and O–H groups in total. The Morgan fingerprint density at radius 2 is 1.67 bits per heavy atom. The van der Waals surface area contributed by atoms with Crippen molar-refractivity contribution in [2.75, 3.05) is 18.8 Å². The molecule has 0 unspecified atom stereocenters. The highest BCUT2D eigenvalue weighted by molar-refractivity contribution is 5.98. The average Bonchev–Trinajstić information content (AvgIpc) is 3.49. The number of anilines is 1. The quantitative estimate of drug-likeness (QED) is 0.133. The molecule has 11 heteroatoms. The van der Waals surface area contributed by atoms with Crippen molar-refractivity contribution >= 4 is 34.6 Å². The lowest BCUT2D eigenvalue weighted by Gasteiger charge is -2.31. The molecule has 1 aliphatic rings. The SMILES string of the molecule is Nc1ccc(/C=C/C(=O)CCc2cc3cc(-c4ccc(C(=O)N5CCC(F)(F)CC5)cc4)cc(-c4cccc(C(F)(F)F)c4)c3o2)cn1. The topological polar surface area (TPSA) is 89.4 Å². The van der Waals surface area contributed by atoms with Crippen LogP contribution in [-0.2, 0) is 17.4 Å². The van der Waals surface area contributed by atoms with Crippen LogP contribution in [0.25, 0.3) is 39.3 Å². The van der Waals surface area contributed by atoms with Crippen molar-refractivity contribution in [1.29, 1.82) is 0 Å². The zero-order chi connectivity index (χ0) is 34.1. The van der Waals surface area contributed by atoms with Gasteiger partial charge in [-0.05, 0) is 89.0 Å². The number of furan rings is 1. The molecule has 3 aromatic carbocycles. The fourth-order valence-corrected chi connectivity index (χ4v) is 5.63. The second-order valence-corrected chi connectivity index (χ2v) is 11.8. The lowest BCUT2D eigenvalue weighted by Crippen LogP contribution is -2.42. The third kappa shape index (κ3) is 7.46. The molecule has 0 spiro atoms. The fraction of sp³-hybridized carbons (Fsp3) is 0.216. The summed E-state index contributed by atoms with van der Waals surface area (Å²) in [5.74, 6) is -2.41. The summed E-state index contributed by atoms with van der Waals surface area (Å²) in [4.78, 5) is 31.0. The number of hydrogen-bond acceptors (Lipinski definition) is 5. The number of rotatable bonds is 8. The molecule has 48 heavy (non-hydrogen) atoms.